The maximum Gasteiger partial charge on any atom is 0.0620 e. The molecule has 0 aromatic rings. The van der Waals surface area contributed by atoms with Crippen LogP contribution < -0.4 is 5.32 Å². The Morgan fingerprint density at radius 2 is 2.27 bits per heavy atom. The molecule has 0 aromatic heterocycles. The normalized spacial score (nSPS) is 27.8. The van der Waals surface area contributed by atoms with E-state index in [-0.39, 0.29) is 0 Å². The Morgan fingerprint density at radius 3 is 2.73 bits per heavy atom. The first-order chi connectivity index (χ1) is 5.25. The number of nitrogens with zero attached hydrogens (tertiary/aromatic N) is 1. The fourth-order valence-corrected chi connectivity index (χ4v) is 1.81. The second kappa shape index (κ2) is 4.07. The molecule has 1 atom stereocenters. The van der Waals surface area contributed by atoms with Crippen LogP contribution in [0.15, 0.2) is 0 Å². The lowest BCUT2D eigenvalue weighted by atomic mass is 10.1. The van der Waals surface area contributed by atoms with Gasteiger partial charge in [0.1, 0.15) is 0 Å². The topological polar surface area (TPSA) is 15.3 Å². The van der Waals surface area contributed by atoms with Crippen LogP contribution >= 0.6 is 0 Å². The molecule has 0 aromatic carbocycles. The summed E-state index contributed by atoms with van der Waals surface area (Å²) in [6.45, 7) is 10.4. The van der Waals surface area contributed by atoms with E-state index in [1.54, 1.807) is 0 Å². The van der Waals surface area contributed by atoms with Crippen molar-refractivity contribution in [2.75, 3.05) is 19.6 Å². The molecule has 11 heavy (non-hydrogen) atoms. The van der Waals surface area contributed by atoms with Gasteiger partial charge in [0, 0.05) is 6.54 Å². The zero-order valence-corrected chi connectivity index (χ0v) is 7.93. The fourth-order valence-electron chi connectivity index (χ4n) is 1.81. The minimum absolute atomic E-state index is 0.619. The average molecular weight is 156 g/mol. The van der Waals surface area contributed by atoms with E-state index in [9.17, 15) is 0 Å². The van der Waals surface area contributed by atoms with Gasteiger partial charge in [-0.2, -0.15) is 0 Å². The zero-order valence-electron chi connectivity index (χ0n) is 7.93. The summed E-state index contributed by atoms with van der Waals surface area (Å²) < 4.78 is 0. The molecule has 0 radical (unpaired) electrons. The average Bonchev–Trinajstić information content (AvgIpc) is 2.04. The molecule has 1 saturated heterocycles. The Hall–Kier alpha value is -0.0800. The molecule has 1 unspecified atom stereocenters. The molecule has 0 spiro atoms. The third-order valence-electron chi connectivity index (χ3n) is 2.41. The van der Waals surface area contributed by atoms with Crippen LogP contribution in [0.2, 0.25) is 0 Å². The molecule has 2 nitrogen and oxygen atoms in total. The van der Waals surface area contributed by atoms with Gasteiger partial charge in [-0.1, -0.05) is 20.8 Å². The lowest BCUT2D eigenvalue weighted by Crippen LogP contribution is -2.53. The van der Waals surface area contributed by atoms with Crippen molar-refractivity contribution < 1.29 is 0 Å². The second-order valence-corrected chi connectivity index (χ2v) is 3.63. The molecule has 1 fully saturated rings. The van der Waals surface area contributed by atoms with Crippen molar-refractivity contribution >= 4 is 0 Å². The molecule has 0 bridgehead atoms. The van der Waals surface area contributed by atoms with Crippen molar-refractivity contribution in [1.29, 1.82) is 0 Å². The summed E-state index contributed by atoms with van der Waals surface area (Å²) in [5, 5.41) is 3.55. The molecule has 0 amide bonds. The van der Waals surface area contributed by atoms with E-state index in [1.165, 1.54) is 26.1 Å². The highest BCUT2D eigenvalue weighted by molar-refractivity contribution is 4.76. The molecule has 0 aliphatic carbocycles. The van der Waals surface area contributed by atoms with E-state index >= 15 is 0 Å². The standard InChI is InChI=1S/C9H20N2/c1-4-11-7-5-6-10-9(11)8(2)3/h8-10H,4-7H2,1-3H3. The third-order valence-corrected chi connectivity index (χ3v) is 2.41. The SMILES string of the molecule is CCN1CCCNC1C(C)C. The van der Waals surface area contributed by atoms with Crippen LogP contribution in [0.5, 0.6) is 0 Å². The lowest BCUT2D eigenvalue weighted by Gasteiger charge is -2.38. The van der Waals surface area contributed by atoms with Crippen molar-refractivity contribution in [3.8, 4) is 0 Å². The largest absolute Gasteiger partial charge is 0.301 e. The van der Waals surface area contributed by atoms with Crippen LogP contribution in [-0.4, -0.2) is 30.7 Å². The van der Waals surface area contributed by atoms with Gasteiger partial charge in [-0.05, 0) is 25.4 Å². The number of nitrogens with one attached hydrogen (secondary N) is 1. The predicted molar refractivity (Wildman–Crippen MR) is 48.5 cm³/mol. The van der Waals surface area contributed by atoms with E-state index in [1.807, 2.05) is 0 Å². The van der Waals surface area contributed by atoms with Crippen LogP contribution in [0.25, 0.3) is 0 Å². The van der Waals surface area contributed by atoms with Crippen LogP contribution in [-0.2, 0) is 0 Å². The molecule has 1 rings (SSSR count). The van der Waals surface area contributed by atoms with Gasteiger partial charge in [-0.25, -0.2) is 0 Å². The summed E-state index contributed by atoms with van der Waals surface area (Å²) in [4.78, 5) is 2.52. The molecule has 1 N–H and O–H groups in total. The minimum Gasteiger partial charge on any atom is -0.301 e. The van der Waals surface area contributed by atoms with Crippen molar-refractivity contribution in [2.45, 2.75) is 33.4 Å². The molecule has 66 valence electrons. The van der Waals surface area contributed by atoms with Crippen molar-refractivity contribution in [3.05, 3.63) is 0 Å². The van der Waals surface area contributed by atoms with E-state index < -0.39 is 0 Å². The summed E-state index contributed by atoms with van der Waals surface area (Å²) in [6, 6.07) is 0. The first-order valence-corrected chi connectivity index (χ1v) is 4.73. The van der Waals surface area contributed by atoms with E-state index in [4.69, 9.17) is 0 Å². The summed E-state index contributed by atoms with van der Waals surface area (Å²) >= 11 is 0. The first kappa shape index (κ1) is 9.01. The van der Waals surface area contributed by atoms with Gasteiger partial charge in [0.2, 0.25) is 0 Å². The number of rotatable bonds is 2. The highest BCUT2D eigenvalue weighted by Gasteiger charge is 2.22. The van der Waals surface area contributed by atoms with Gasteiger partial charge in [0.15, 0.2) is 0 Å². The van der Waals surface area contributed by atoms with Crippen molar-refractivity contribution in [1.82, 2.24) is 10.2 Å². The first-order valence-electron chi connectivity index (χ1n) is 4.73. The molecule has 0 saturated carbocycles. The third kappa shape index (κ3) is 2.17. The maximum absolute atomic E-state index is 3.55. The van der Waals surface area contributed by atoms with Gasteiger partial charge in [-0.3, -0.25) is 4.90 Å². The summed E-state index contributed by atoms with van der Waals surface area (Å²) in [6.07, 6.45) is 1.92. The fraction of sp³-hybridized carbons (Fsp3) is 1.00. The summed E-state index contributed by atoms with van der Waals surface area (Å²) in [5.41, 5.74) is 0. The predicted octanol–water partition coefficient (Wildman–Crippen LogP) is 1.28. The Labute approximate surface area is 70.0 Å². The Kier molecular flexibility index (Phi) is 3.34. The summed E-state index contributed by atoms with van der Waals surface area (Å²) in [5.74, 6) is 0.732. The lowest BCUT2D eigenvalue weighted by molar-refractivity contribution is 0.101. The van der Waals surface area contributed by atoms with Crippen LogP contribution in [0.4, 0.5) is 0 Å². The zero-order chi connectivity index (χ0) is 8.27. The highest BCUT2D eigenvalue weighted by Crippen LogP contribution is 2.11. The Balaban J connectivity index is 2.44. The molecule has 1 aliphatic heterocycles. The van der Waals surface area contributed by atoms with Crippen LogP contribution in [0, 0.1) is 5.92 Å². The second-order valence-electron chi connectivity index (χ2n) is 3.63. The number of hydrogen-bond acceptors (Lipinski definition) is 2. The maximum atomic E-state index is 3.55. The monoisotopic (exact) mass is 156 g/mol. The van der Waals surface area contributed by atoms with Gasteiger partial charge in [0.05, 0.1) is 6.17 Å². The van der Waals surface area contributed by atoms with Crippen LogP contribution in [0.1, 0.15) is 27.2 Å². The molecule has 1 aliphatic rings. The smallest absolute Gasteiger partial charge is 0.0620 e. The molecule has 1 heterocycles. The van der Waals surface area contributed by atoms with Gasteiger partial charge >= 0.3 is 0 Å². The Morgan fingerprint density at radius 1 is 1.55 bits per heavy atom. The van der Waals surface area contributed by atoms with Crippen molar-refractivity contribution in [3.63, 3.8) is 0 Å². The van der Waals surface area contributed by atoms with Gasteiger partial charge < -0.3 is 5.32 Å². The number of hydrogen-bond donors (Lipinski definition) is 1. The van der Waals surface area contributed by atoms with Gasteiger partial charge in [-0.15, -0.1) is 0 Å². The molecular formula is C9H20N2. The summed E-state index contributed by atoms with van der Waals surface area (Å²) in [7, 11) is 0. The van der Waals surface area contributed by atoms with Crippen molar-refractivity contribution in [2.24, 2.45) is 5.92 Å². The quantitative estimate of drug-likeness (QED) is 0.648. The van der Waals surface area contributed by atoms with E-state index in [0.29, 0.717) is 6.17 Å². The Bertz CT molecular complexity index is 112. The van der Waals surface area contributed by atoms with Gasteiger partial charge in [0.25, 0.3) is 0 Å². The molecule has 2 heteroatoms. The molecular weight excluding hydrogens is 136 g/mol. The minimum atomic E-state index is 0.619. The highest BCUT2D eigenvalue weighted by atomic mass is 15.3. The van der Waals surface area contributed by atoms with E-state index in [0.717, 1.165) is 5.92 Å². The van der Waals surface area contributed by atoms with Crippen LogP contribution in [0.3, 0.4) is 0 Å². The van der Waals surface area contributed by atoms with E-state index in [2.05, 4.69) is 31.0 Å².